The molecule has 0 aliphatic rings. The van der Waals surface area contributed by atoms with Crippen molar-refractivity contribution in [3.8, 4) is 23.5 Å². The maximum absolute atomic E-state index is 10.8. The second-order valence-electron chi connectivity index (χ2n) is 11.0. The van der Waals surface area contributed by atoms with E-state index in [4.69, 9.17) is 0 Å². The van der Waals surface area contributed by atoms with Crippen LogP contribution < -0.4 is 0 Å². The number of benzene rings is 6. The molecule has 0 saturated carbocycles. The molecule has 196 valence electrons. The number of hydrogen-bond acceptors (Lipinski definition) is 2. The highest BCUT2D eigenvalue weighted by Crippen LogP contribution is 2.40. The van der Waals surface area contributed by atoms with Crippen LogP contribution in [-0.4, -0.2) is 9.13 Å². The van der Waals surface area contributed by atoms with E-state index in [-0.39, 0.29) is 0 Å². The average Bonchev–Trinajstić information content (AvgIpc) is 3.52. The van der Waals surface area contributed by atoms with Crippen LogP contribution in [0, 0.1) is 36.5 Å². The first-order valence-corrected chi connectivity index (χ1v) is 14.0. The molecular formula is C38H24N4. The lowest BCUT2D eigenvalue weighted by Crippen LogP contribution is -2.05. The lowest BCUT2D eigenvalue weighted by molar-refractivity contribution is 1.11. The maximum atomic E-state index is 10.8. The van der Waals surface area contributed by atoms with Gasteiger partial charge < -0.3 is 9.13 Å². The van der Waals surface area contributed by atoms with E-state index in [9.17, 15) is 10.5 Å². The molecule has 0 radical (unpaired) electrons. The minimum Gasteiger partial charge on any atom is -0.308 e. The molecule has 0 bridgehead atoms. The number of nitriles is 2. The first-order valence-electron chi connectivity index (χ1n) is 14.0. The van der Waals surface area contributed by atoms with Gasteiger partial charge in [0.15, 0.2) is 0 Å². The fraction of sp³-hybridized carbons (Fsp3) is 0.0526. The van der Waals surface area contributed by atoms with E-state index in [1.54, 1.807) is 0 Å². The van der Waals surface area contributed by atoms with E-state index in [0.717, 1.165) is 54.4 Å². The van der Waals surface area contributed by atoms with Crippen LogP contribution in [0.5, 0.6) is 0 Å². The normalized spacial score (nSPS) is 11.5. The summed E-state index contributed by atoms with van der Waals surface area (Å²) >= 11 is 0. The quantitative estimate of drug-likeness (QED) is 0.221. The van der Waals surface area contributed by atoms with Crippen LogP contribution in [0.1, 0.15) is 22.3 Å². The summed E-state index contributed by atoms with van der Waals surface area (Å²) in [6, 6.07) is 42.5. The molecule has 0 fully saturated rings. The molecule has 8 aromatic rings. The molecule has 2 aromatic heterocycles. The molecule has 2 heterocycles. The summed E-state index contributed by atoms with van der Waals surface area (Å²) in [5, 5.41) is 27.9. The van der Waals surface area contributed by atoms with Gasteiger partial charge in [-0.3, -0.25) is 0 Å². The van der Waals surface area contributed by atoms with E-state index in [1.807, 2.05) is 18.2 Å². The van der Waals surface area contributed by atoms with Crippen molar-refractivity contribution in [2.45, 2.75) is 13.8 Å². The number of fused-ring (bicyclic) bond motifs is 8. The number of nitrogens with zero attached hydrogens (tertiary/aromatic N) is 4. The molecule has 0 N–H and O–H groups in total. The zero-order chi connectivity index (χ0) is 28.5. The van der Waals surface area contributed by atoms with Crippen LogP contribution in [0.4, 0.5) is 0 Å². The zero-order valence-electron chi connectivity index (χ0n) is 23.2. The molecule has 0 saturated heterocycles. The second-order valence-corrected chi connectivity index (χ2v) is 11.0. The van der Waals surface area contributed by atoms with Gasteiger partial charge in [-0.1, -0.05) is 71.8 Å². The Morgan fingerprint density at radius 2 is 1.05 bits per heavy atom. The van der Waals surface area contributed by atoms with Crippen molar-refractivity contribution in [2.24, 2.45) is 0 Å². The average molecular weight is 537 g/mol. The first-order chi connectivity index (χ1) is 20.6. The van der Waals surface area contributed by atoms with Crippen molar-refractivity contribution < 1.29 is 0 Å². The Hall–Kier alpha value is -5.84. The summed E-state index contributed by atoms with van der Waals surface area (Å²) in [6.07, 6.45) is 0. The Bertz CT molecular complexity index is 2450. The number of aryl methyl sites for hydroxylation is 2. The third kappa shape index (κ3) is 3.27. The topological polar surface area (TPSA) is 57.4 Å². The van der Waals surface area contributed by atoms with Crippen LogP contribution in [-0.2, 0) is 0 Å². The maximum Gasteiger partial charge on any atom is 0.104 e. The van der Waals surface area contributed by atoms with Crippen LogP contribution in [0.3, 0.4) is 0 Å². The smallest absolute Gasteiger partial charge is 0.104 e. The predicted octanol–water partition coefficient (Wildman–Crippen LogP) is 9.39. The number of para-hydroxylation sites is 1. The van der Waals surface area contributed by atoms with Crippen LogP contribution in [0.15, 0.2) is 109 Å². The summed E-state index contributed by atoms with van der Waals surface area (Å²) in [4.78, 5) is 0. The molecule has 8 rings (SSSR count). The monoisotopic (exact) mass is 536 g/mol. The molecule has 0 atom stereocenters. The number of hydrogen-bond donors (Lipinski definition) is 0. The lowest BCUT2D eigenvalue weighted by Gasteiger charge is -2.16. The van der Waals surface area contributed by atoms with E-state index >= 15 is 0 Å². The third-order valence-corrected chi connectivity index (χ3v) is 8.46. The van der Waals surface area contributed by atoms with Gasteiger partial charge in [-0.2, -0.15) is 10.5 Å². The molecule has 0 aliphatic carbocycles. The minimum absolute atomic E-state index is 0.500. The molecule has 4 heteroatoms. The molecule has 4 nitrogen and oxygen atoms in total. The predicted molar refractivity (Wildman–Crippen MR) is 172 cm³/mol. The third-order valence-electron chi connectivity index (χ3n) is 8.46. The summed E-state index contributed by atoms with van der Waals surface area (Å²) in [5.74, 6) is 0. The van der Waals surface area contributed by atoms with Gasteiger partial charge in [0.25, 0.3) is 0 Å². The first kappa shape index (κ1) is 24.0. The van der Waals surface area contributed by atoms with Gasteiger partial charge in [0.2, 0.25) is 0 Å². The number of aromatic nitrogens is 2. The molecule has 0 amide bonds. The van der Waals surface area contributed by atoms with Gasteiger partial charge in [0.05, 0.1) is 45.1 Å². The van der Waals surface area contributed by atoms with Gasteiger partial charge in [-0.15, -0.1) is 0 Å². The number of rotatable bonds is 2. The highest BCUT2D eigenvalue weighted by molar-refractivity contribution is 6.21. The highest BCUT2D eigenvalue weighted by atomic mass is 15.0. The molecule has 0 unspecified atom stereocenters. The Labute approximate surface area is 242 Å². The van der Waals surface area contributed by atoms with E-state index in [1.165, 1.54) is 11.1 Å². The molecular weight excluding hydrogens is 512 g/mol. The Balaban J connectivity index is 1.55. The Kier molecular flexibility index (Phi) is 5.05. The van der Waals surface area contributed by atoms with Crippen molar-refractivity contribution in [1.82, 2.24) is 9.13 Å². The molecule has 42 heavy (non-hydrogen) atoms. The standard InChI is InChI=1S/C38H24N4/c1-23-11-14-33-29(17-23)30-18-24(2)12-15-34(30)41(33)36-19-25(21-39)20-37(31(36)22-40)42-32-10-6-5-9-28(32)38-27-8-4-3-7-26(27)13-16-35(38)42/h3-20H,1-2H3. The molecule has 0 spiro atoms. The van der Waals surface area contributed by atoms with Crippen molar-refractivity contribution in [2.75, 3.05) is 0 Å². The molecule has 0 aliphatic heterocycles. The van der Waals surface area contributed by atoms with Crippen molar-refractivity contribution in [3.05, 3.63) is 131 Å². The van der Waals surface area contributed by atoms with E-state index in [0.29, 0.717) is 22.5 Å². The second kappa shape index (κ2) is 8.83. The van der Waals surface area contributed by atoms with Crippen molar-refractivity contribution in [1.29, 1.82) is 10.5 Å². The van der Waals surface area contributed by atoms with Gasteiger partial charge in [-0.05, 0) is 73.2 Å². The largest absolute Gasteiger partial charge is 0.308 e. The van der Waals surface area contributed by atoms with Crippen molar-refractivity contribution in [3.63, 3.8) is 0 Å². The van der Waals surface area contributed by atoms with Gasteiger partial charge in [0.1, 0.15) is 11.6 Å². The van der Waals surface area contributed by atoms with Crippen molar-refractivity contribution >= 4 is 54.4 Å². The summed E-state index contributed by atoms with van der Waals surface area (Å²) in [5.41, 5.74) is 8.77. The zero-order valence-corrected chi connectivity index (χ0v) is 23.2. The Morgan fingerprint density at radius 1 is 0.500 bits per heavy atom. The summed E-state index contributed by atoms with van der Waals surface area (Å²) in [6.45, 7) is 4.19. The summed E-state index contributed by atoms with van der Waals surface area (Å²) < 4.78 is 4.30. The summed E-state index contributed by atoms with van der Waals surface area (Å²) in [7, 11) is 0. The SMILES string of the molecule is Cc1ccc2c(c1)c1cc(C)ccc1n2-c1cc(C#N)cc(-n2c3ccccc3c3c4ccccc4ccc32)c1C#N. The fourth-order valence-corrected chi connectivity index (χ4v) is 6.65. The van der Waals surface area contributed by atoms with E-state index in [2.05, 4.69) is 126 Å². The lowest BCUT2D eigenvalue weighted by atomic mass is 10.0. The Morgan fingerprint density at radius 3 is 1.69 bits per heavy atom. The van der Waals surface area contributed by atoms with Gasteiger partial charge in [-0.25, -0.2) is 0 Å². The van der Waals surface area contributed by atoms with Crippen LogP contribution >= 0.6 is 0 Å². The fourth-order valence-electron chi connectivity index (χ4n) is 6.65. The van der Waals surface area contributed by atoms with Gasteiger partial charge >= 0.3 is 0 Å². The highest BCUT2D eigenvalue weighted by Gasteiger charge is 2.22. The minimum atomic E-state index is 0.500. The molecule has 6 aromatic carbocycles. The van der Waals surface area contributed by atoms with E-state index < -0.39 is 0 Å². The van der Waals surface area contributed by atoms with Crippen LogP contribution in [0.2, 0.25) is 0 Å². The van der Waals surface area contributed by atoms with Crippen LogP contribution in [0.25, 0.3) is 65.8 Å². The van der Waals surface area contributed by atoms with Gasteiger partial charge in [0, 0.05) is 21.5 Å².